The van der Waals surface area contributed by atoms with E-state index >= 15 is 0 Å². The lowest BCUT2D eigenvalue weighted by molar-refractivity contribution is 0.0954. The maximum Gasteiger partial charge on any atom is 0.252 e. The van der Waals surface area contributed by atoms with Crippen molar-refractivity contribution >= 4 is 34.8 Å². The van der Waals surface area contributed by atoms with E-state index in [0.29, 0.717) is 17.8 Å². The lowest BCUT2D eigenvalue weighted by Crippen LogP contribution is -2.26. The Balaban J connectivity index is 1.99. The van der Waals surface area contributed by atoms with E-state index in [0.717, 1.165) is 12.0 Å². The largest absolute Gasteiger partial charge is 0.399 e. The van der Waals surface area contributed by atoms with E-state index in [1.54, 1.807) is 0 Å². The average Bonchev–Trinajstić information content (AvgIpc) is 2.44. The number of nitrogens with two attached hydrogens (primary N) is 1. The summed E-state index contributed by atoms with van der Waals surface area (Å²) in [6, 6.07) is 12.9. The van der Waals surface area contributed by atoms with Gasteiger partial charge in [-0.3, -0.25) is 4.79 Å². The molecule has 2 aromatic carbocycles. The number of halogens is 2. The molecule has 0 saturated carbocycles. The summed E-state index contributed by atoms with van der Waals surface area (Å²) >= 11 is 11.9. The highest BCUT2D eigenvalue weighted by molar-refractivity contribution is 6.44. The van der Waals surface area contributed by atoms with Gasteiger partial charge in [0.1, 0.15) is 0 Å². The summed E-state index contributed by atoms with van der Waals surface area (Å²) in [6.45, 7) is 0.519. The van der Waals surface area contributed by atoms with Crippen LogP contribution in [0.1, 0.15) is 15.9 Å². The van der Waals surface area contributed by atoms with Gasteiger partial charge in [-0.1, -0.05) is 53.5 Å². The molecular formula is C15H14Cl2N2O. The van der Waals surface area contributed by atoms with Crippen LogP contribution in [-0.4, -0.2) is 12.5 Å². The minimum absolute atomic E-state index is 0.220. The Bertz CT molecular complexity index is 615. The van der Waals surface area contributed by atoms with Crippen LogP contribution in [0.15, 0.2) is 42.5 Å². The third-order valence-electron chi connectivity index (χ3n) is 2.84. The third-order valence-corrected chi connectivity index (χ3v) is 3.64. The van der Waals surface area contributed by atoms with Crippen molar-refractivity contribution in [2.45, 2.75) is 6.42 Å². The number of rotatable bonds is 4. The normalized spacial score (nSPS) is 10.3. The van der Waals surface area contributed by atoms with Gasteiger partial charge in [-0.2, -0.15) is 0 Å². The summed E-state index contributed by atoms with van der Waals surface area (Å²) in [6.07, 6.45) is 0.750. The van der Waals surface area contributed by atoms with Gasteiger partial charge in [0.2, 0.25) is 0 Å². The first-order valence-corrected chi connectivity index (χ1v) is 6.90. The number of benzene rings is 2. The molecule has 0 radical (unpaired) electrons. The van der Waals surface area contributed by atoms with Crippen molar-refractivity contribution < 1.29 is 4.79 Å². The number of amides is 1. The second-order valence-corrected chi connectivity index (χ2v) is 5.14. The van der Waals surface area contributed by atoms with Crippen molar-refractivity contribution in [3.8, 4) is 0 Å². The SMILES string of the molecule is Nc1cc(Cl)c(Cl)c(C(=O)NCCc2ccccc2)c1. The zero-order chi connectivity index (χ0) is 14.5. The molecule has 20 heavy (non-hydrogen) atoms. The predicted molar refractivity (Wildman–Crippen MR) is 83.4 cm³/mol. The molecule has 0 aliphatic rings. The number of carbonyl (C=O) groups is 1. The molecule has 0 unspecified atom stereocenters. The molecule has 104 valence electrons. The quantitative estimate of drug-likeness (QED) is 0.849. The maximum atomic E-state index is 12.1. The molecule has 3 N–H and O–H groups in total. The molecule has 0 aliphatic heterocycles. The van der Waals surface area contributed by atoms with Crippen molar-refractivity contribution in [2.24, 2.45) is 0 Å². The number of anilines is 1. The third kappa shape index (κ3) is 3.65. The maximum absolute atomic E-state index is 12.1. The molecule has 3 nitrogen and oxygen atoms in total. The lowest BCUT2D eigenvalue weighted by Gasteiger charge is -2.09. The Kier molecular flexibility index (Phi) is 4.88. The Morgan fingerprint density at radius 3 is 2.55 bits per heavy atom. The van der Waals surface area contributed by atoms with E-state index in [1.165, 1.54) is 12.1 Å². The molecule has 2 aromatic rings. The van der Waals surface area contributed by atoms with E-state index < -0.39 is 0 Å². The Morgan fingerprint density at radius 1 is 1.15 bits per heavy atom. The minimum atomic E-state index is -0.278. The van der Waals surface area contributed by atoms with Crippen LogP contribution in [0.4, 0.5) is 5.69 Å². The van der Waals surface area contributed by atoms with E-state index in [2.05, 4.69) is 5.32 Å². The van der Waals surface area contributed by atoms with E-state index in [1.807, 2.05) is 30.3 Å². The zero-order valence-electron chi connectivity index (χ0n) is 10.7. The summed E-state index contributed by atoms with van der Waals surface area (Å²) in [4.78, 5) is 12.1. The van der Waals surface area contributed by atoms with Crippen molar-refractivity contribution in [3.05, 3.63) is 63.6 Å². The molecule has 0 bridgehead atoms. The molecule has 0 atom stereocenters. The fourth-order valence-electron chi connectivity index (χ4n) is 1.84. The van der Waals surface area contributed by atoms with Crippen LogP contribution < -0.4 is 11.1 Å². The van der Waals surface area contributed by atoms with Crippen LogP contribution >= 0.6 is 23.2 Å². The first kappa shape index (κ1) is 14.7. The average molecular weight is 309 g/mol. The molecule has 0 aromatic heterocycles. The standard InChI is InChI=1S/C15H14Cl2N2O/c16-13-9-11(18)8-12(14(13)17)15(20)19-7-6-10-4-2-1-3-5-10/h1-5,8-9H,6-7,18H2,(H,19,20). The fourth-order valence-corrected chi connectivity index (χ4v) is 2.26. The van der Waals surface area contributed by atoms with Crippen LogP contribution in [0.25, 0.3) is 0 Å². The first-order chi connectivity index (χ1) is 9.58. The molecule has 5 heteroatoms. The van der Waals surface area contributed by atoms with Gasteiger partial charge in [-0.15, -0.1) is 0 Å². The van der Waals surface area contributed by atoms with Crippen molar-refractivity contribution in [1.29, 1.82) is 0 Å². The number of nitrogens with one attached hydrogen (secondary N) is 1. The molecule has 0 saturated heterocycles. The summed E-state index contributed by atoms with van der Waals surface area (Å²) in [5, 5.41) is 3.30. The van der Waals surface area contributed by atoms with E-state index in [4.69, 9.17) is 28.9 Å². The highest BCUT2D eigenvalue weighted by atomic mass is 35.5. The lowest BCUT2D eigenvalue weighted by atomic mass is 10.1. The second kappa shape index (κ2) is 6.64. The summed E-state index contributed by atoms with van der Waals surface area (Å²) in [5.74, 6) is -0.278. The molecular weight excluding hydrogens is 295 g/mol. The Morgan fingerprint density at radius 2 is 1.85 bits per heavy atom. The van der Waals surface area contributed by atoms with E-state index in [-0.39, 0.29) is 16.0 Å². The van der Waals surface area contributed by atoms with Crippen LogP contribution in [0.3, 0.4) is 0 Å². The topological polar surface area (TPSA) is 55.1 Å². The van der Waals surface area contributed by atoms with Crippen LogP contribution in [0.5, 0.6) is 0 Å². The van der Waals surface area contributed by atoms with Gasteiger partial charge in [0.05, 0.1) is 15.6 Å². The van der Waals surface area contributed by atoms with Gasteiger partial charge in [-0.05, 0) is 24.1 Å². The highest BCUT2D eigenvalue weighted by Gasteiger charge is 2.13. The number of hydrogen-bond acceptors (Lipinski definition) is 2. The highest BCUT2D eigenvalue weighted by Crippen LogP contribution is 2.28. The van der Waals surface area contributed by atoms with Gasteiger partial charge in [0.25, 0.3) is 5.91 Å². The van der Waals surface area contributed by atoms with Gasteiger partial charge < -0.3 is 11.1 Å². The van der Waals surface area contributed by atoms with Crippen molar-refractivity contribution in [2.75, 3.05) is 12.3 Å². The van der Waals surface area contributed by atoms with Gasteiger partial charge in [0.15, 0.2) is 0 Å². The summed E-state index contributed by atoms with van der Waals surface area (Å²) < 4.78 is 0. The van der Waals surface area contributed by atoms with Crippen molar-refractivity contribution in [1.82, 2.24) is 5.32 Å². The van der Waals surface area contributed by atoms with Crippen molar-refractivity contribution in [3.63, 3.8) is 0 Å². The van der Waals surface area contributed by atoms with E-state index in [9.17, 15) is 4.79 Å². The minimum Gasteiger partial charge on any atom is -0.399 e. The van der Waals surface area contributed by atoms with Crippen LogP contribution in [-0.2, 0) is 6.42 Å². The molecule has 0 aliphatic carbocycles. The zero-order valence-corrected chi connectivity index (χ0v) is 12.2. The number of hydrogen-bond donors (Lipinski definition) is 2. The summed E-state index contributed by atoms with van der Waals surface area (Å²) in [7, 11) is 0. The second-order valence-electron chi connectivity index (χ2n) is 4.36. The monoisotopic (exact) mass is 308 g/mol. The van der Waals surface area contributed by atoms with Gasteiger partial charge in [0, 0.05) is 12.2 Å². The molecule has 0 heterocycles. The molecule has 0 fully saturated rings. The summed E-state index contributed by atoms with van der Waals surface area (Å²) in [5.41, 5.74) is 7.53. The number of carbonyl (C=O) groups excluding carboxylic acids is 1. The Hall–Kier alpha value is -1.71. The molecule has 2 rings (SSSR count). The smallest absolute Gasteiger partial charge is 0.252 e. The van der Waals surface area contributed by atoms with Crippen LogP contribution in [0.2, 0.25) is 10.0 Å². The number of nitrogen functional groups attached to an aromatic ring is 1. The van der Waals surface area contributed by atoms with Gasteiger partial charge in [-0.25, -0.2) is 0 Å². The van der Waals surface area contributed by atoms with Crippen LogP contribution in [0, 0.1) is 0 Å². The fraction of sp³-hybridized carbons (Fsp3) is 0.133. The molecule has 0 spiro atoms. The first-order valence-electron chi connectivity index (χ1n) is 6.14. The van der Waals surface area contributed by atoms with Gasteiger partial charge >= 0.3 is 0 Å². The Labute approximate surface area is 127 Å². The molecule has 1 amide bonds. The predicted octanol–water partition coefficient (Wildman–Crippen LogP) is 3.55.